The highest BCUT2D eigenvalue weighted by Crippen LogP contribution is 2.32. The summed E-state index contributed by atoms with van der Waals surface area (Å²) in [6, 6.07) is 18.4. The zero-order valence-electron chi connectivity index (χ0n) is 20.6. The van der Waals surface area contributed by atoms with E-state index in [4.69, 9.17) is 4.74 Å². The zero-order valence-corrected chi connectivity index (χ0v) is 21.4. The van der Waals surface area contributed by atoms with Crippen LogP contribution in [-0.4, -0.2) is 54.3 Å². The summed E-state index contributed by atoms with van der Waals surface area (Å²) in [5, 5.41) is 12.7. The second-order valence-electron chi connectivity index (χ2n) is 10.2. The van der Waals surface area contributed by atoms with Gasteiger partial charge in [-0.05, 0) is 63.3 Å². The molecule has 36 heavy (non-hydrogen) atoms. The Kier molecular flexibility index (Phi) is 6.12. The van der Waals surface area contributed by atoms with E-state index in [0.29, 0.717) is 29.4 Å². The highest BCUT2D eigenvalue weighted by molar-refractivity contribution is 7.91. The van der Waals surface area contributed by atoms with Gasteiger partial charge < -0.3 is 15.0 Å². The Morgan fingerprint density at radius 3 is 2.50 bits per heavy atom. The predicted molar refractivity (Wildman–Crippen MR) is 140 cm³/mol. The molecule has 8 nitrogen and oxygen atoms in total. The van der Waals surface area contributed by atoms with Crippen LogP contribution in [0.1, 0.15) is 33.6 Å². The van der Waals surface area contributed by atoms with Crippen molar-refractivity contribution in [1.82, 2.24) is 15.1 Å². The number of aromatic amines is 1. The smallest absolute Gasteiger partial charge is 0.410 e. The van der Waals surface area contributed by atoms with Crippen LogP contribution in [0.2, 0.25) is 0 Å². The number of benzene rings is 3. The fourth-order valence-corrected chi connectivity index (χ4v) is 6.16. The third-order valence-corrected chi connectivity index (χ3v) is 8.13. The van der Waals surface area contributed by atoms with Crippen molar-refractivity contribution in [2.45, 2.75) is 55.2 Å². The maximum absolute atomic E-state index is 13.7. The molecule has 1 fully saturated rings. The lowest BCUT2D eigenvalue weighted by Crippen LogP contribution is -2.44. The minimum absolute atomic E-state index is 0.0808. The zero-order chi connectivity index (χ0) is 25.5. The average molecular weight is 507 g/mol. The third-order valence-electron chi connectivity index (χ3n) is 6.34. The topological polar surface area (TPSA) is 104 Å². The number of aromatic nitrogens is 2. The first-order valence-electron chi connectivity index (χ1n) is 12.1. The van der Waals surface area contributed by atoms with Crippen LogP contribution in [0.4, 0.5) is 10.5 Å². The fourth-order valence-electron chi connectivity index (χ4n) is 4.59. The number of amides is 1. The Labute approximate surface area is 210 Å². The number of carbonyl (C=O) groups excluding carboxylic acids is 1. The third kappa shape index (κ3) is 4.75. The van der Waals surface area contributed by atoms with Gasteiger partial charge in [-0.3, -0.25) is 5.10 Å². The van der Waals surface area contributed by atoms with Crippen LogP contribution in [0.15, 0.2) is 70.6 Å². The van der Waals surface area contributed by atoms with E-state index < -0.39 is 15.4 Å². The first kappa shape index (κ1) is 24.1. The Morgan fingerprint density at radius 2 is 1.75 bits per heavy atom. The number of fused-ring (bicyclic) bond motifs is 2. The number of H-pyrrole nitrogens is 1. The lowest BCUT2D eigenvalue weighted by Gasteiger charge is -2.34. The Bertz CT molecular complexity index is 1530. The maximum atomic E-state index is 13.7. The van der Waals surface area contributed by atoms with Crippen molar-refractivity contribution in [1.29, 1.82) is 0 Å². The minimum Gasteiger partial charge on any atom is -0.444 e. The van der Waals surface area contributed by atoms with Crippen LogP contribution in [0.5, 0.6) is 0 Å². The quantitative estimate of drug-likeness (QED) is 0.386. The summed E-state index contributed by atoms with van der Waals surface area (Å²) >= 11 is 0. The highest BCUT2D eigenvalue weighted by atomic mass is 32.2. The molecule has 1 aromatic heterocycles. The number of anilines is 1. The summed E-state index contributed by atoms with van der Waals surface area (Å²) in [5.74, 6) is 0. The number of hydrogen-bond acceptors (Lipinski definition) is 6. The van der Waals surface area contributed by atoms with Crippen LogP contribution in [0, 0.1) is 0 Å². The van der Waals surface area contributed by atoms with Gasteiger partial charge in [0.1, 0.15) is 5.60 Å². The number of rotatable bonds is 4. The van der Waals surface area contributed by atoms with Gasteiger partial charge in [-0.25, -0.2) is 13.2 Å². The number of likely N-dealkylation sites (tertiary alicyclic amines) is 1. The lowest BCUT2D eigenvalue weighted by atomic mass is 10.0. The van der Waals surface area contributed by atoms with E-state index in [0.717, 1.165) is 23.9 Å². The molecule has 0 aliphatic carbocycles. The molecule has 0 unspecified atom stereocenters. The van der Waals surface area contributed by atoms with Crippen molar-refractivity contribution >= 4 is 43.3 Å². The first-order chi connectivity index (χ1) is 17.1. The highest BCUT2D eigenvalue weighted by Gasteiger charge is 2.28. The van der Waals surface area contributed by atoms with E-state index in [1.807, 2.05) is 69.3 Å². The van der Waals surface area contributed by atoms with Crippen molar-refractivity contribution in [3.63, 3.8) is 0 Å². The molecule has 4 aromatic rings. The maximum Gasteiger partial charge on any atom is 0.410 e. The van der Waals surface area contributed by atoms with E-state index >= 15 is 0 Å². The molecule has 0 spiro atoms. The van der Waals surface area contributed by atoms with E-state index in [2.05, 4.69) is 15.5 Å². The van der Waals surface area contributed by atoms with Gasteiger partial charge in [-0.2, -0.15) is 5.10 Å². The van der Waals surface area contributed by atoms with Gasteiger partial charge in [-0.1, -0.05) is 36.4 Å². The molecular weight excluding hydrogens is 476 g/mol. The van der Waals surface area contributed by atoms with Gasteiger partial charge in [0.05, 0.1) is 10.4 Å². The summed E-state index contributed by atoms with van der Waals surface area (Å²) < 4.78 is 32.8. The van der Waals surface area contributed by atoms with Gasteiger partial charge in [-0.15, -0.1) is 0 Å². The van der Waals surface area contributed by atoms with E-state index in [1.165, 1.54) is 0 Å². The van der Waals surface area contributed by atoms with Crippen LogP contribution in [-0.2, 0) is 14.6 Å². The molecule has 0 saturated carbocycles. The normalized spacial score (nSPS) is 15.4. The number of carbonyl (C=O) groups is 1. The molecule has 0 atom stereocenters. The molecule has 188 valence electrons. The second kappa shape index (κ2) is 9.13. The second-order valence-corrected chi connectivity index (χ2v) is 12.0. The summed E-state index contributed by atoms with van der Waals surface area (Å²) in [4.78, 5) is 14.3. The molecule has 0 bridgehead atoms. The van der Waals surface area contributed by atoms with Crippen molar-refractivity contribution in [2.24, 2.45) is 0 Å². The van der Waals surface area contributed by atoms with E-state index in [9.17, 15) is 13.2 Å². The molecule has 9 heteroatoms. The van der Waals surface area contributed by atoms with Crippen LogP contribution in [0.25, 0.3) is 21.7 Å². The van der Waals surface area contributed by atoms with Crippen LogP contribution in [0.3, 0.4) is 0 Å². The Hall–Kier alpha value is -3.59. The summed E-state index contributed by atoms with van der Waals surface area (Å²) in [6.45, 7) is 6.78. The van der Waals surface area contributed by atoms with Crippen LogP contribution < -0.4 is 5.32 Å². The number of nitrogens with zero attached hydrogens (tertiary/aromatic N) is 2. The predicted octanol–water partition coefficient (Wildman–Crippen LogP) is 5.36. The molecule has 1 aliphatic rings. The van der Waals surface area contributed by atoms with Gasteiger partial charge in [0.15, 0.2) is 5.03 Å². The van der Waals surface area contributed by atoms with Crippen molar-refractivity contribution < 1.29 is 17.9 Å². The monoisotopic (exact) mass is 506 g/mol. The standard InChI is InChI=1S/C27H30N4O4S/c1-27(2,3)35-26(32)31-15-13-19(14-16-31)28-20-11-12-23-22(17-20)25(30-29-23)36(33,34)24-10-6-8-18-7-4-5-9-21(18)24/h4-12,17,19,28H,13-16H2,1-3H3,(H,29,30). The summed E-state index contributed by atoms with van der Waals surface area (Å²) in [7, 11) is -3.83. The Morgan fingerprint density at radius 1 is 1.03 bits per heavy atom. The average Bonchev–Trinajstić information content (AvgIpc) is 3.27. The SMILES string of the molecule is CC(C)(C)OC(=O)N1CCC(Nc2ccc3n[nH]c(S(=O)(=O)c4cccc5ccccc45)c3c2)CC1. The largest absolute Gasteiger partial charge is 0.444 e. The van der Waals surface area contributed by atoms with Crippen molar-refractivity contribution in [2.75, 3.05) is 18.4 Å². The number of nitrogens with one attached hydrogen (secondary N) is 2. The molecule has 1 saturated heterocycles. The van der Waals surface area contributed by atoms with Crippen LogP contribution >= 0.6 is 0 Å². The van der Waals surface area contributed by atoms with E-state index in [-0.39, 0.29) is 22.1 Å². The molecule has 3 aromatic carbocycles. The molecule has 5 rings (SSSR count). The van der Waals surface area contributed by atoms with Gasteiger partial charge >= 0.3 is 6.09 Å². The Balaban J connectivity index is 1.36. The fraction of sp³-hybridized carbons (Fsp3) is 0.333. The van der Waals surface area contributed by atoms with Crippen molar-refractivity contribution in [3.05, 3.63) is 60.7 Å². The molecular formula is C27H30N4O4S. The molecule has 1 amide bonds. The number of sulfone groups is 1. The lowest BCUT2D eigenvalue weighted by molar-refractivity contribution is 0.0210. The molecule has 2 heterocycles. The molecule has 1 aliphatic heterocycles. The van der Waals surface area contributed by atoms with Gasteiger partial charge in [0, 0.05) is 35.6 Å². The van der Waals surface area contributed by atoms with Crippen molar-refractivity contribution in [3.8, 4) is 0 Å². The molecule has 2 N–H and O–H groups in total. The van der Waals surface area contributed by atoms with E-state index in [1.54, 1.807) is 17.0 Å². The minimum atomic E-state index is -3.83. The number of piperidine rings is 1. The first-order valence-corrected chi connectivity index (χ1v) is 13.6. The summed E-state index contributed by atoms with van der Waals surface area (Å²) in [5.41, 5.74) is 0.879. The number of hydrogen-bond donors (Lipinski definition) is 2. The molecule has 0 radical (unpaired) electrons. The van der Waals surface area contributed by atoms with Gasteiger partial charge in [0.25, 0.3) is 0 Å². The van der Waals surface area contributed by atoms with Gasteiger partial charge in [0.2, 0.25) is 9.84 Å². The summed E-state index contributed by atoms with van der Waals surface area (Å²) in [6.07, 6.45) is 1.25. The number of ether oxygens (including phenoxy) is 1.